The average molecular weight is 155 g/mol. The Labute approximate surface area is 70.7 Å². The second-order valence-corrected chi connectivity index (χ2v) is 2.75. The Kier molecular flexibility index (Phi) is 6.24. The summed E-state index contributed by atoms with van der Waals surface area (Å²) < 4.78 is 0. The van der Waals surface area contributed by atoms with E-state index < -0.39 is 0 Å². The summed E-state index contributed by atoms with van der Waals surface area (Å²) >= 11 is 0. The third-order valence-corrected chi connectivity index (χ3v) is 2.00. The molecule has 0 fully saturated rings. The van der Waals surface area contributed by atoms with E-state index in [9.17, 15) is 0 Å². The molecule has 1 unspecified atom stereocenters. The molecule has 0 aromatic heterocycles. The molecule has 1 nitrogen and oxygen atoms in total. The van der Waals surface area contributed by atoms with Gasteiger partial charge in [-0.1, -0.05) is 32.4 Å². The molecule has 1 heteroatoms. The van der Waals surface area contributed by atoms with Gasteiger partial charge in [0.2, 0.25) is 0 Å². The standard InChI is InChI=1S/C8H15N.C2H6/c1-2-7-3-5-8(9)6-4-7;1-2/h3,8H,2,4-6,9H2,1H3;1-2H3. The highest BCUT2D eigenvalue weighted by Crippen LogP contribution is 2.18. The summed E-state index contributed by atoms with van der Waals surface area (Å²) in [5, 5.41) is 0. The van der Waals surface area contributed by atoms with Crippen molar-refractivity contribution in [2.75, 3.05) is 0 Å². The van der Waals surface area contributed by atoms with Crippen LogP contribution in [0.25, 0.3) is 0 Å². The van der Waals surface area contributed by atoms with Crippen LogP contribution in [0.15, 0.2) is 11.6 Å². The van der Waals surface area contributed by atoms with Gasteiger partial charge in [-0.15, -0.1) is 0 Å². The number of nitrogens with two attached hydrogens (primary N) is 1. The second kappa shape index (κ2) is 6.41. The molecular formula is C10H21N. The zero-order valence-electron chi connectivity index (χ0n) is 8.06. The summed E-state index contributed by atoms with van der Waals surface area (Å²) in [6.45, 7) is 6.21. The monoisotopic (exact) mass is 155 g/mol. The van der Waals surface area contributed by atoms with Crippen molar-refractivity contribution >= 4 is 0 Å². The molecule has 1 atom stereocenters. The van der Waals surface area contributed by atoms with Crippen molar-refractivity contribution < 1.29 is 0 Å². The highest BCUT2D eigenvalue weighted by Gasteiger charge is 2.07. The number of allylic oxidation sites excluding steroid dienone is 1. The van der Waals surface area contributed by atoms with Crippen LogP contribution in [0, 0.1) is 0 Å². The number of rotatable bonds is 1. The van der Waals surface area contributed by atoms with Crippen LogP contribution in [0.5, 0.6) is 0 Å². The van der Waals surface area contributed by atoms with Crippen LogP contribution in [0.2, 0.25) is 0 Å². The Morgan fingerprint density at radius 3 is 2.55 bits per heavy atom. The molecule has 0 radical (unpaired) electrons. The topological polar surface area (TPSA) is 26.0 Å². The van der Waals surface area contributed by atoms with Crippen LogP contribution >= 0.6 is 0 Å². The summed E-state index contributed by atoms with van der Waals surface area (Å²) in [5.74, 6) is 0. The van der Waals surface area contributed by atoms with Gasteiger partial charge in [0.1, 0.15) is 0 Å². The predicted octanol–water partition coefficient (Wildman–Crippen LogP) is 2.86. The Bertz CT molecular complexity index is 116. The van der Waals surface area contributed by atoms with Gasteiger partial charge >= 0.3 is 0 Å². The van der Waals surface area contributed by atoms with E-state index in [0.29, 0.717) is 6.04 Å². The van der Waals surface area contributed by atoms with E-state index in [4.69, 9.17) is 5.73 Å². The van der Waals surface area contributed by atoms with Gasteiger partial charge in [-0.3, -0.25) is 0 Å². The molecule has 0 saturated heterocycles. The fourth-order valence-electron chi connectivity index (χ4n) is 1.23. The Morgan fingerprint density at radius 2 is 2.18 bits per heavy atom. The minimum atomic E-state index is 0.445. The smallest absolute Gasteiger partial charge is 0.00765 e. The molecule has 0 aliphatic heterocycles. The van der Waals surface area contributed by atoms with Gasteiger partial charge < -0.3 is 5.73 Å². The first kappa shape index (κ1) is 10.7. The van der Waals surface area contributed by atoms with Gasteiger partial charge in [0.25, 0.3) is 0 Å². The molecule has 11 heavy (non-hydrogen) atoms. The second-order valence-electron chi connectivity index (χ2n) is 2.75. The maximum absolute atomic E-state index is 5.71. The van der Waals surface area contributed by atoms with E-state index in [0.717, 1.165) is 6.42 Å². The first-order valence-corrected chi connectivity index (χ1v) is 4.76. The first-order chi connectivity index (χ1) is 5.33. The van der Waals surface area contributed by atoms with Crippen LogP contribution in [-0.4, -0.2) is 6.04 Å². The lowest BCUT2D eigenvalue weighted by Gasteiger charge is -2.16. The third kappa shape index (κ3) is 4.20. The van der Waals surface area contributed by atoms with Crippen molar-refractivity contribution in [1.82, 2.24) is 0 Å². The van der Waals surface area contributed by atoms with Crippen molar-refractivity contribution in [1.29, 1.82) is 0 Å². The van der Waals surface area contributed by atoms with E-state index in [2.05, 4.69) is 13.0 Å². The molecule has 0 amide bonds. The molecular weight excluding hydrogens is 134 g/mol. The van der Waals surface area contributed by atoms with Gasteiger partial charge in [-0.25, -0.2) is 0 Å². The van der Waals surface area contributed by atoms with Crippen molar-refractivity contribution in [3.05, 3.63) is 11.6 Å². The van der Waals surface area contributed by atoms with Gasteiger partial charge in [-0.2, -0.15) is 0 Å². The van der Waals surface area contributed by atoms with Crippen molar-refractivity contribution in [2.45, 2.75) is 52.5 Å². The fraction of sp³-hybridized carbons (Fsp3) is 0.800. The fourth-order valence-corrected chi connectivity index (χ4v) is 1.23. The lowest BCUT2D eigenvalue weighted by molar-refractivity contribution is 0.581. The molecule has 0 saturated carbocycles. The van der Waals surface area contributed by atoms with E-state index in [1.807, 2.05) is 13.8 Å². The van der Waals surface area contributed by atoms with Crippen molar-refractivity contribution in [2.24, 2.45) is 5.73 Å². The molecule has 0 spiro atoms. The summed E-state index contributed by atoms with van der Waals surface area (Å²) in [6.07, 6.45) is 7.04. The molecule has 0 heterocycles. The maximum Gasteiger partial charge on any atom is 0.00765 e. The molecule has 0 aromatic carbocycles. The van der Waals surface area contributed by atoms with Crippen LogP contribution in [-0.2, 0) is 0 Å². The quantitative estimate of drug-likeness (QED) is 0.579. The SMILES string of the molecule is CC.CCC1=CCC(N)CC1. The molecule has 1 rings (SSSR count). The van der Waals surface area contributed by atoms with E-state index >= 15 is 0 Å². The zero-order chi connectivity index (χ0) is 8.69. The largest absolute Gasteiger partial charge is 0.327 e. The summed E-state index contributed by atoms with van der Waals surface area (Å²) in [7, 11) is 0. The van der Waals surface area contributed by atoms with Gasteiger partial charge in [0, 0.05) is 6.04 Å². The van der Waals surface area contributed by atoms with E-state index in [-0.39, 0.29) is 0 Å². The van der Waals surface area contributed by atoms with Gasteiger partial charge in [-0.05, 0) is 25.7 Å². The molecule has 0 aromatic rings. The first-order valence-electron chi connectivity index (χ1n) is 4.76. The van der Waals surface area contributed by atoms with Crippen LogP contribution < -0.4 is 5.73 Å². The zero-order valence-corrected chi connectivity index (χ0v) is 8.06. The molecule has 66 valence electrons. The summed E-state index contributed by atoms with van der Waals surface area (Å²) in [5.41, 5.74) is 7.30. The van der Waals surface area contributed by atoms with E-state index in [1.54, 1.807) is 5.57 Å². The summed E-state index contributed by atoms with van der Waals surface area (Å²) in [6, 6.07) is 0.445. The number of hydrogen-bond donors (Lipinski definition) is 1. The third-order valence-electron chi connectivity index (χ3n) is 2.00. The average Bonchev–Trinajstić information content (AvgIpc) is 2.10. The Balaban J connectivity index is 0.000000461. The lowest BCUT2D eigenvalue weighted by atomic mass is 9.95. The minimum absolute atomic E-state index is 0.445. The van der Waals surface area contributed by atoms with Crippen molar-refractivity contribution in [3.8, 4) is 0 Å². The minimum Gasteiger partial charge on any atom is -0.327 e. The normalized spacial score (nSPS) is 23.3. The lowest BCUT2D eigenvalue weighted by Crippen LogP contribution is -2.21. The molecule has 1 aliphatic rings. The summed E-state index contributed by atoms with van der Waals surface area (Å²) in [4.78, 5) is 0. The molecule has 1 aliphatic carbocycles. The van der Waals surface area contributed by atoms with Crippen molar-refractivity contribution in [3.63, 3.8) is 0 Å². The van der Waals surface area contributed by atoms with Crippen LogP contribution in [0.4, 0.5) is 0 Å². The molecule has 0 bridgehead atoms. The predicted molar refractivity (Wildman–Crippen MR) is 51.5 cm³/mol. The van der Waals surface area contributed by atoms with Crippen LogP contribution in [0.3, 0.4) is 0 Å². The van der Waals surface area contributed by atoms with Gasteiger partial charge in [0.15, 0.2) is 0 Å². The number of hydrogen-bond acceptors (Lipinski definition) is 1. The highest BCUT2D eigenvalue weighted by molar-refractivity contribution is 5.06. The highest BCUT2D eigenvalue weighted by atomic mass is 14.6. The maximum atomic E-state index is 5.71. The Morgan fingerprint density at radius 1 is 1.55 bits per heavy atom. The van der Waals surface area contributed by atoms with Crippen LogP contribution in [0.1, 0.15) is 46.5 Å². The van der Waals surface area contributed by atoms with Gasteiger partial charge in [0.05, 0.1) is 0 Å². The van der Waals surface area contributed by atoms with E-state index in [1.165, 1.54) is 19.3 Å². The Hall–Kier alpha value is -0.300. The molecule has 2 N–H and O–H groups in total.